The molecule has 2 aliphatic rings. The minimum atomic E-state index is -0.455. The molecule has 2 saturated heterocycles. The van der Waals surface area contributed by atoms with Crippen LogP contribution in [0.2, 0.25) is 0 Å². The Kier molecular flexibility index (Phi) is 5.79. The zero-order chi connectivity index (χ0) is 20.4. The average molecular weight is 401 g/mol. The first-order valence-corrected chi connectivity index (χ1v) is 10.7. The Labute approximate surface area is 172 Å². The van der Waals surface area contributed by atoms with Crippen LogP contribution in [0.15, 0.2) is 22.6 Å². The van der Waals surface area contributed by atoms with Crippen molar-refractivity contribution < 1.29 is 13.9 Å². The third-order valence-corrected chi connectivity index (χ3v) is 5.47. The maximum absolute atomic E-state index is 12.4. The van der Waals surface area contributed by atoms with E-state index >= 15 is 0 Å². The van der Waals surface area contributed by atoms with E-state index in [1.165, 1.54) is 12.0 Å². The van der Waals surface area contributed by atoms with E-state index in [2.05, 4.69) is 22.3 Å². The van der Waals surface area contributed by atoms with Crippen molar-refractivity contribution in [3.63, 3.8) is 0 Å². The molecule has 1 aromatic heterocycles. The number of nitrogens with one attached hydrogen (secondary N) is 1. The van der Waals surface area contributed by atoms with Gasteiger partial charge in [0.1, 0.15) is 11.1 Å². The van der Waals surface area contributed by atoms with Gasteiger partial charge in [-0.1, -0.05) is 6.07 Å². The number of nitrogens with zero attached hydrogens (tertiary/aromatic N) is 3. The van der Waals surface area contributed by atoms with E-state index in [-0.39, 0.29) is 12.1 Å². The highest BCUT2D eigenvalue weighted by Crippen LogP contribution is 2.27. The first-order chi connectivity index (χ1) is 13.9. The van der Waals surface area contributed by atoms with Gasteiger partial charge in [0.2, 0.25) is 5.89 Å². The van der Waals surface area contributed by atoms with Crippen LogP contribution in [0.25, 0.3) is 11.1 Å². The second-order valence-electron chi connectivity index (χ2n) is 9.10. The lowest BCUT2D eigenvalue weighted by molar-refractivity contribution is 0.0257. The average Bonchev–Trinajstić information content (AvgIpc) is 3.26. The summed E-state index contributed by atoms with van der Waals surface area (Å²) in [6.45, 7) is 10.8. The van der Waals surface area contributed by atoms with Crippen molar-refractivity contribution in [2.75, 3.05) is 32.7 Å². The Hall–Kier alpha value is -2.12. The minimum Gasteiger partial charge on any atom is -0.444 e. The van der Waals surface area contributed by atoms with Crippen LogP contribution in [-0.2, 0) is 11.3 Å². The van der Waals surface area contributed by atoms with Crippen LogP contribution in [0.1, 0.15) is 57.5 Å². The zero-order valence-corrected chi connectivity index (χ0v) is 17.7. The molecule has 0 radical (unpaired) electrons. The van der Waals surface area contributed by atoms with E-state index in [1.54, 1.807) is 0 Å². The predicted octanol–water partition coefficient (Wildman–Crippen LogP) is 3.70. The smallest absolute Gasteiger partial charge is 0.410 e. The lowest BCUT2D eigenvalue weighted by Crippen LogP contribution is -2.39. The van der Waals surface area contributed by atoms with Gasteiger partial charge in [-0.05, 0) is 64.3 Å². The minimum absolute atomic E-state index is 0.212. The van der Waals surface area contributed by atoms with Crippen molar-refractivity contribution in [2.24, 2.45) is 0 Å². The fraction of sp³-hybridized carbons (Fsp3) is 0.636. The summed E-state index contributed by atoms with van der Waals surface area (Å²) < 4.78 is 11.5. The monoisotopic (exact) mass is 400 g/mol. The van der Waals surface area contributed by atoms with Gasteiger partial charge in [-0.3, -0.25) is 4.90 Å². The van der Waals surface area contributed by atoms with Gasteiger partial charge in [-0.25, -0.2) is 9.78 Å². The van der Waals surface area contributed by atoms with Crippen molar-refractivity contribution in [1.29, 1.82) is 0 Å². The Bertz CT molecular complexity index is 851. The second kappa shape index (κ2) is 8.32. The zero-order valence-electron chi connectivity index (χ0n) is 17.7. The van der Waals surface area contributed by atoms with E-state index in [4.69, 9.17) is 14.1 Å². The van der Waals surface area contributed by atoms with Gasteiger partial charge in [0.15, 0.2) is 5.58 Å². The number of carbonyl (C=O) groups is 1. The normalized spacial score (nSPS) is 21.5. The summed E-state index contributed by atoms with van der Waals surface area (Å²) in [5.74, 6) is 0.803. The molecule has 0 saturated carbocycles. The SMILES string of the molecule is CC(C)(C)OC(=O)N1CCCN(Cc2ccc3oc(C4CCCN4)nc3c2)CC1. The number of fused-ring (bicyclic) bond motifs is 1. The van der Waals surface area contributed by atoms with Crippen molar-refractivity contribution in [2.45, 2.75) is 58.2 Å². The number of hydrogen-bond acceptors (Lipinski definition) is 6. The molecule has 1 N–H and O–H groups in total. The summed E-state index contributed by atoms with van der Waals surface area (Å²) in [7, 11) is 0. The Morgan fingerprint density at radius 2 is 2.10 bits per heavy atom. The lowest BCUT2D eigenvalue weighted by atomic mass is 10.2. The third-order valence-electron chi connectivity index (χ3n) is 5.47. The Balaban J connectivity index is 1.37. The maximum atomic E-state index is 12.4. The molecule has 4 rings (SSSR count). The van der Waals surface area contributed by atoms with Crippen LogP contribution in [0.3, 0.4) is 0 Å². The van der Waals surface area contributed by atoms with E-state index < -0.39 is 5.60 Å². The van der Waals surface area contributed by atoms with Crippen LogP contribution in [0.5, 0.6) is 0 Å². The standard InChI is InChI=1S/C22H32N4O3/c1-22(2,3)29-21(27)26-11-5-10-25(12-13-26)15-16-7-8-19-18(14-16)24-20(28-19)17-6-4-9-23-17/h7-8,14,17,23H,4-6,9-13,15H2,1-3H3. The molecule has 3 heterocycles. The summed E-state index contributed by atoms with van der Waals surface area (Å²) >= 11 is 0. The van der Waals surface area contributed by atoms with Crippen LogP contribution in [0.4, 0.5) is 4.79 Å². The molecular formula is C22H32N4O3. The molecule has 0 spiro atoms. The van der Waals surface area contributed by atoms with Gasteiger partial charge in [0.25, 0.3) is 0 Å². The number of ether oxygens (including phenoxy) is 1. The van der Waals surface area contributed by atoms with Gasteiger partial charge in [0.05, 0.1) is 6.04 Å². The van der Waals surface area contributed by atoms with Crippen molar-refractivity contribution >= 4 is 17.2 Å². The number of carbonyl (C=O) groups excluding carboxylic acids is 1. The van der Waals surface area contributed by atoms with Gasteiger partial charge in [-0.2, -0.15) is 0 Å². The molecule has 2 aromatic rings. The molecule has 0 aliphatic carbocycles. The number of benzene rings is 1. The fourth-order valence-corrected chi connectivity index (χ4v) is 4.03. The molecule has 2 aliphatic heterocycles. The third kappa shape index (κ3) is 5.08. The molecule has 7 heteroatoms. The van der Waals surface area contributed by atoms with E-state index in [0.717, 1.165) is 62.6 Å². The van der Waals surface area contributed by atoms with Crippen LogP contribution >= 0.6 is 0 Å². The Morgan fingerprint density at radius 1 is 1.24 bits per heavy atom. The molecule has 1 amide bonds. The summed E-state index contributed by atoms with van der Waals surface area (Å²) in [5.41, 5.74) is 2.55. The number of amides is 1. The van der Waals surface area contributed by atoms with Crippen LogP contribution in [0, 0.1) is 0 Å². The van der Waals surface area contributed by atoms with E-state index in [9.17, 15) is 4.79 Å². The summed E-state index contributed by atoms with van der Waals surface area (Å²) in [6, 6.07) is 6.53. The largest absolute Gasteiger partial charge is 0.444 e. The van der Waals surface area contributed by atoms with Crippen molar-refractivity contribution in [1.82, 2.24) is 20.1 Å². The van der Waals surface area contributed by atoms with E-state index in [1.807, 2.05) is 31.7 Å². The van der Waals surface area contributed by atoms with Crippen molar-refractivity contribution in [3.8, 4) is 0 Å². The molecule has 1 unspecified atom stereocenters. The topological polar surface area (TPSA) is 70.8 Å². The molecule has 7 nitrogen and oxygen atoms in total. The summed E-state index contributed by atoms with van der Waals surface area (Å²) in [5, 5.41) is 3.44. The van der Waals surface area contributed by atoms with Crippen LogP contribution in [-0.4, -0.2) is 59.2 Å². The second-order valence-corrected chi connectivity index (χ2v) is 9.10. The first-order valence-electron chi connectivity index (χ1n) is 10.7. The molecule has 1 aromatic carbocycles. The molecule has 29 heavy (non-hydrogen) atoms. The highest BCUT2D eigenvalue weighted by atomic mass is 16.6. The Morgan fingerprint density at radius 3 is 2.86 bits per heavy atom. The highest BCUT2D eigenvalue weighted by Gasteiger charge is 2.25. The number of rotatable bonds is 3. The molecule has 158 valence electrons. The van der Waals surface area contributed by atoms with Gasteiger partial charge < -0.3 is 19.4 Å². The molecule has 0 bridgehead atoms. The molecule has 2 fully saturated rings. The highest BCUT2D eigenvalue weighted by molar-refractivity contribution is 5.73. The van der Waals surface area contributed by atoms with Gasteiger partial charge in [-0.15, -0.1) is 0 Å². The van der Waals surface area contributed by atoms with Crippen LogP contribution < -0.4 is 5.32 Å². The maximum Gasteiger partial charge on any atom is 0.410 e. The number of hydrogen-bond donors (Lipinski definition) is 1. The van der Waals surface area contributed by atoms with Crippen molar-refractivity contribution in [3.05, 3.63) is 29.7 Å². The molecule has 1 atom stereocenters. The number of oxazole rings is 1. The summed E-state index contributed by atoms with van der Waals surface area (Å²) in [6.07, 6.45) is 2.99. The quantitative estimate of drug-likeness (QED) is 0.847. The predicted molar refractivity (Wildman–Crippen MR) is 112 cm³/mol. The van der Waals surface area contributed by atoms with Gasteiger partial charge >= 0.3 is 6.09 Å². The summed E-state index contributed by atoms with van der Waals surface area (Å²) in [4.78, 5) is 21.3. The number of aromatic nitrogens is 1. The lowest BCUT2D eigenvalue weighted by Gasteiger charge is -2.26. The van der Waals surface area contributed by atoms with Gasteiger partial charge in [0, 0.05) is 32.7 Å². The first kappa shape index (κ1) is 20.2. The molecular weight excluding hydrogens is 368 g/mol. The fourth-order valence-electron chi connectivity index (χ4n) is 4.03. The van der Waals surface area contributed by atoms with E-state index in [0.29, 0.717) is 6.54 Å².